The van der Waals surface area contributed by atoms with E-state index in [1.807, 2.05) is 23.4 Å². The summed E-state index contributed by atoms with van der Waals surface area (Å²) in [6.45, 7) is 10.2. The smallest absolute Gasteiger partial charge is 0.292 e. The average molecular weight is 347 g/mol. The van der Waals surface area contributed by atoms with Crippen LogP contribution in [0.2, 0.25) is 0 Å². The van der Waals surface area contributed by atoms with Gasteiger partial charge in [0.1, 0.15) is 0 Å². The molecule has 0 bridgehead atoms. The summed E-state index contributed by atoms with van der Waals surface area (Å²) in [5.41, 5.74) is 4.02. The van der Waals surface area contributed by atoms with Crippen molar-refractivity contribution in [3.8, 4) is 0 Å². The molecule has 8 heteroatoms. The van der Waals surface area contributed by atoms with Gasteiger partial charge in [-0.05, 0) is 20.8 Å². The highest BCUT2D eigenvalue weighted by Gasteiger charge is 2.25. The Morgan fingerprint density at radius 2 is 1.96 bits per heavy atom. The molecule has 0 unspecified atom stereocenters. The summed E-state index contributed by atoms with van der Waals surface area (Å²) in [4.78, 5) is 16.5. The normalized spacial score (nSPS) is 15.8. The Kier molecular flexibility index (Phi) is 5.19. The SMILES string of the molecule is Cc1cc(C(=O)N2CCN(Cc3c(C)nn(CCO)c3C)CC2)on1. The fourth-order valence-corrected chi connectivity index (χ4v) is 3.23. The Labute approximate surface area is 147 Å². The first-order chi connectivity index (χ1) is 12.0. The second-order valence-corrected chi connectivity index (χ2v) is 6.50. The van der Waals surface area contributed by atoms with Gasteiger partial charge < -0.3 is 14.5 Å². The van der Waals surface area contributed by atoms with Crippen molar-refractivity contribution in [2.45, 2.75) is 33.9 Å². The van der Waals surface area contributed by atoms with Crippen molar-refractivity contribution >= 4 is 5.91 Å². The lowest BCUT2D eigenvalue weighted by molar-refractivity contribution is 0.0588. The minimum Gasteiger partial charge on any atom is -0.394 e. The lowest BCUT2D eigenvalue weighted by atomic mass is 10.1. The van der Waals surface area contributed by atoms with Gasteiger partial charge >= 0.3 is 0 Å². The number of aliphatic hydroxyl groups excluding tert-OH is 1. The molecular weight excluding hydrogens is 322 g/mol. The van der Waals surface area contributed by atoms with E-state index in [4.69, 9.17) is 9.63 Å². The summed E-state index contributed by atoms with van der Waals surface area (Å²) in [6, 6.07) is 1.68. The van der Waals surface area contributed by atoms with Gasteiger partial charge in [0.25, 0.3) is 5.91 Å². The predicted molar refractivity (Wildman–Crippen MR) is 91.2 cm³/mol. The zero-order valence-electron chi connectivity index (χ0n) is 15.0. The third kappa shape index (κ3) is 3.74. The molecule has 25 heavy (non-hydrogen) atoms. The first-order valence-corrected chi connectivity index (χ1v) is 8.58. The minimum atomic E-state index is -0.0941. The molecule has 0 radical (unpaired) electrons. The van der Waals surface area contributed by atoms with Gasteiger partial charge in [-0.2, -0.15) is 5.10 Å². The molecule has 0 aliphatic carbocycles. The van der Waals surface area contributed by atoms with E-state index >= 15 is 0 Å². The van der Waals surface area contributed by atoms with Crippen LogP contribution in [0.15, 0.2) is 10.6 Å². The van der Waals surface area contributed by atoms with Crippen molar-refractivity contribution < 1.29 is 14.4 Å². The van der Waals surface area contributed by atoms with Crippen LogP contribution in [0, 0.1) is 20.8 Å². The molecule has 0 spiro atoms. The number of nitrogens with zero attached hydrogens (tertiary/aromatic N) is 5. The Balaban J connectivity index is 1.59. The number of aliphatic hydroxyl groups is 1. The largest absolute Gasteiger partial charge is 0.394 e. The van der Waals surface area contributed by atoms with Crippen LogP contribution >= 0.6 is 0 Å². The van der Waals surface area contributed by atoms with Gasteiger partial charge in [-0.3, -0.25) is 14.4 Å². The standard InChI is InChI=1S/C17H25N5O3/c1-12-10-16(25-19-12)17(24)21-6-4-20(5-7-21)11-15-13(2)18-22(8-9-23)14(15)3/h10,23H,4-9,11H2,1-3H3. The van der Waals surface area contributed by atoms with Crippen molar-refractivity contribution in [3.63, 3.8) is 0 Å². The first kappa shape index (κ1) is 17.6. The second-order valence-electron chi connectivity index (χ2n) is 6.50. The van der Waals surface area contributed by atoms with Crippen molar-refractivity contribution in [3.05, 3.63) is 34.5 Å². The fraction of sp³-hybridized carbons (Fsp3) is 0.588. The number of piperazine rings is 1. The summed E-state index contributed by atoms with van der Waals surface area (Å²) >= 11 is 0. The number of rotatable bonds is 5. The van der Waals surface area contributed by atoms with E-state index in [0.29, 0.717) is 31.1 Å². The maximum Gasteiger partial charge on any atom is 0.292 e. The van der Waals surface area contributed by atoms with Crippen LogP contribution < -0.4 is 0 Å². The molecule has 1 saturated heterocycles. The van der Waals surface area contributed by atoms with Gasteiger partial charge in [0.05, 0.1) is 24.5 Å². The molecule has 1 N–H and O–H groups in total. The topological polar surface area (TPSA) is 87.6 Å². The highest BCUT2D eigenvalue weighted by Crippen LogP contribution is 2.17. The van der Waals surface area contributed by atoms with E-state index in [9.17, 15) is 4.79 Å². The summed E-state index contributed by atoms with van der Waals surface area (Å²) in [6.07, 6.45) is 0. The lowest BCUT2D eigenvalue weighted by Gasteiger charge is -2.34. The molecule has 0 saturated carbocycles. The fourth-order valence-electron chi connectivity index (χ4n) is 3.23. The molecule has 1 amide bonds. The molecule has 1 aliphatic heterocycles. The molecule has 0 aromatic carbocycles. The van der Waals surface area contributed by atoms with E-state index in [1.165, 1.54) is 5.56 Å². The Bertz CT molecular complexity index is 744. The van der Waals surface area contributed by atoms with Gasteiger partial charge in [-0.1, -0.05) is 5.16 Å². The zero-order chi connectivity index (χ0) is 18.0. The highest BCUT2D eigenvalue weighted by atomic mass is 16.5. The van der Waals surface area contributed by atoms with E-state index < -0.39 is 0 Å². The van der Waals surface area contributed by atoms with Gasteiger partial charge in [0, 0.05) is 50.0 Å². The van der Waals surface area contributed by atoms with E-state index in [2.05, 4.69) is 15.2 Å². The number of carbonyl (C=O) groups is 1. The van der Waals surface area contributed by atoms with Gasteiger partial charge in [-0.15, -0.1) is 0 Å². The van der Waals surface area contributed by atoms with Gasteiger partial charge in [0.2, 0.25) is 5.76 Å². The molecule has 2 aromatic heterocycles. The van der Waals surface area contributed by atoms with Gasteiger partial charge in [0.15, 0.2) is 0 Å². The van der Waals surface area contributed by atoms with Crippen LogP contribution in [-0.2, 0) is 13.1 Å². The molecule has 3 rings (SSSR count). The van der Waals surface area contributed by atoms with E-state index in [0.717, 1.165) is 31.0 Å². The lowest BCUT2D eigenvalue weighted by Crippen LogP contribution is -2.48. The average Bonchev–Trinajstić information content (AvgIpc) is 3.14. The predicted octanol–water partition coefficient (Wildman–Crippen LogP) is 0.747. The summed E-state index contributed by atoms with van der Waals surface area (Å²) in [5, 5.41) is 17.4. The number of aryl methyl sites for hydroxylation is 2. The van der Waals surface area contributed by atoms with Crippen LogP contribution in [0.3, 0.4) is 0 Å². The number of hydrogen-bond acceptors (Lipinski definition) is 6. The Hall–Kier alpha value is -2.19. The first-order valence-electron chi connectivity index (χ1n) is 8.58. The molecule has 1 aliphatic rings. The zero-order valence-corrected chi connectivity index (χ0v) is 15.0. The number of aromatic nitrogens is 3. The molecule has 8 nitrogen and oxygen atoms in total. The summed E-state index contributed by atoms with van der Waals surface area (Å²) < 4.78 is 6.93. The van der Waals surface area contributed by atoms with Crippen molar-refractivity contribution in [2.24, 2.45) is 0 Å². The van der Waals surface area contributed by atoms with E-state index in [1.54, 1.807) is 13.0 Å². The molecule has 0 atom stereocenters. The summed E-state index contributed by atoms with van der Waals surface area (Å²) in [5.74, 6) is 0.214. The molecule has 2 aromatic rings. The maximum atomic E-state index is 12.4. The van der Waals surface area contributed by atoms with E-state index in [-0.39, 0.29) is 12.5 Å². The third-order valence-electron chi connectivity index (χ3n) is 4.72. The Morgan fingerprint density at radius 3 is 2.56 bits per heavy atom. The number of carbonyl (C=O) groups excluding carboxylic acids is 1. The second kappa shape index (κ2) is 7.37. The van der Waals surface area contributed by atoms with Crippen molar-refractivity contribution in [1.82, 2.24) is 24.7 Å². The molecule has 3 heterocycles. The Morgan fingerprint density at radius 1 is 1.24 bits per heavy atom. The maximum absolute atomic E-state index is 12.4. The van der Waals surface area contributed by atoms with Crippen molar-refractivity contribution in [1.29, 1.82) is 0 Å². The van der Waals surface area contributed by atoms with Crippen LogP contribution in [0.25, 0.3) is 0 Å². The van der Waals surface area contributed by atoms with Crippen LogP contribution in [0.5, 0.6) is 0 Å². The van der Waals surface area contributed by atoms with Crippen LogP contribution in [-0.4, -0.2) is 68.5 Å². The number of amides is 1. The molecule has 1 fully saturated rings. The minimum absolute atomic E-state index is 0.0866. The monoisotopic (exact) mass is 347 g/mol. The van der Waals surface area contributed by atoms with Crippen LogP contribution in [0.4, 0.5) is 0 Å². The highest BCUT2D eigenvalue weighted by molar-refractivity contribution is 5.91. The third-order valence-corrected chi connectivity index (χ3v) is 4.72. The summed E-state index contributed by atoms with van der Waals surface area (Å²) in [7, 11) is 0. The van der Waals surface area contributed by atoms with Crippen LogP contribution in [0.1, 0.15) is 33.2 Å². The molecular formula is C17H25N5O3. The number of hydrogen-bond donors (Lipinski definition) is 1. The quantitative estimate of drug-likeness (QED) is 0.859. The molecule has 136 valence electrons. The van der Waals surface area contributed by atoms with Gasteiger partial charge in [-0.25, -0.2) is 0 Å². The van der Waals surface area contributed by atoms with Crippen molar-refractivity contribution in [2.75, 3.05) is 32.8 Å².